The van der Waals surface area contributed by atoms with Gasteiger partial charge in [-0.2, -0.15) is 39.5 Å². The Hall–Kier alpha value is -1.15. The summed E-state index contributed by atoms with van der Waals surface area (Å²) in [5, 5.41) is 0. The van der Waals surface area contributed by atoms with Gasteiger partial charge in [-0.05, 0) is 18.2 Å². The Labute approximate surface area is 127 Å². The largest absolute Gasteiger partial charge is 0.457 e. The van der Waals surface area contributed by atoms with Crippen molar-refractivity contribution in [3.05, 3.63) is 29.3 Å². The maximum atomic E-state index is 12.5. The third kappa shape index (κ3) is 5.76. The van der Waals surface area contributed by atoms with Crippen molar-refractivity contribution in [2.24, 2.45) is 0 Å². The van der Waals surface area contributed by atoms with E-state index in [2.05, 4.69) is 0 Å². The lowest BCUT2D eigenvalue weighted by atomic mass is 10.1. The molecule has 23 heavy (non-hydrogen) atoms. The molecule has 0 bridgehead atoms. The molecule has 0 aliphatic heterocycles. The number of hydrogen-bond acceptors (Lipinski definition) is 3. The van der Waals surface area contributed by atoms with Crippen LogP contribution in [0.25, 0.3) is 0 Å². The maximum Gasteiger partial charge on any atom is 0.457 e. The van der Waals surface area contributed by atoms with Gasteiger partial charge in [-0.25, -0.2) is 8.42 Å². The van der Waals surface area contributed by atoms with E-state index in [0.717, 1.165) is 4.13 Å². The van der Waals surface area contributed by atoms with E-state index in [-0.39, 0.29) is 18.2 Å². The number of halogens is 9. The van der Waals surface area contributed by atoms with E-state index in [4.69, 9.17) is 0 Å². The lowest BCUT2D eigenvalue weighted by Crippen LogP contribution is -2.23. The van der Waals surface area contributed by atoms with Gasteiger partial charge in [0.25, 0.3) is 0 Å². The molecule has 0 saturated carbocycles. The third-order valence-corrected chi connectivity index (χ3v) is 4.44. The zero-order valence-electron chi connectivity index (χ0n) is 10.3. The van der Waals surface area contributed by atoms with E-state index in [9.17, 15) is 47.9 Å². The van der Waals surface area contributed by atoms with Crippen molar-refractivity contribution in [1.29, 1.82) is 0 Å². The van der Waals surface area contributed by atoms with Crippen LogP contribution >= 0.6 is 11.9 Å². The van der Waals surface area contributed by atoms with E-state index >= 15 is 0 Å². The highest BCUT2D eigenvalue weighted by molar-refractivity contribution is 8.09. The third-order valence-electron chi connectivity index (χ3n) is 2.14. The normalized spacial score (nSPS) is 14.1. The van der Waals surface area contributed by atoms with Crippen molar-refractivity contribution in [2.45, 2.75) is 22.8 Å². The molecule has 0 atom stereocenters. The van der Waals surface area contributed by atoms with E-state index in [0.29, 0.717) is 0 Å². The molecule has 0 saturated heterocycles. The van der Waals surface area contributed by atoms with Crippen LogP contribution in [-0.2, 0) is 22.4 Å². The molecule has 1 rings (SSSR count). The van der Waals surface area contributed by atoms with Gasteiger partial charge in [0.1, 0.15) is 0 Å². The molecule has 132 valence electrons. The molecule has 0 aliphatic carbocycles. The number of sulfonamides is 1. The van der Waals surface area contributed by atoms with Gasteiger partial charge in [-0.3, -0.25) is 0 Å². The van der Waals surface area contributed by atoms with Crippen molar-refractivity contribution in [3.63, 3.8) is 0 Å². The quantitative estimate of drug-likeness (QED) is 0.620. The number of hydrogen-bond donors (Lipinski definition) is 1. The Kier molecular flexibility index (Phi) is 5.23. The molecule has 0 spiro atoms. The van der Waals surface area contributed by atoms with Gasteiger partial charge in [0, 0.05) is 11.9 Å². The van der Waals surface area contributed by atoms with Crippen molar-refractivity contribution >= 4 is 22.0 Å². The lowest BCUT2D eigenvalue weighted by Gasteiger charge is -2.14. The standard InChI is InChI=1S/C9H4F9NO2S2/c10-7(11,12)4-1-5(8(13,14)15)3-6(2-4)23(20,21)19-22-9(16,17)18/h1-3,19H. The van der Waals surface area contributed by atoms with Gasteiger partial charge >= 0.3 is 17.9 Å². The fourth-order valence-electron chi connectivity index (χ4n) is 1.23. The van der Waals surface area contributed by atoms with Crippen molar-refractivity contribution < 1.29 is 47.9 Å². The summed E-state index contributed by atoms with van der Waals surface area (Å²) in [6.07, 6.45) is -10.7. The second-order valence-electron chi connectivity index (χ2n) is 3.88. The highest BCUT2D eigenvalue weighted by Crippen LogP contribution is 2.37. The van der Waals surface area contributed by atoms with Crippen LogP contribution < -0.4 is 4.13 Å². The van der Waals surface area contributed by atoms with Crippen LogP contribution in [0.1, 0.15) is 11.1 Å². The minimum absolute atomic E-state index is 0.200. The van der Waals surface area contributed by atoms with Crippen LogP contribution in [0.2, 0.25) is 0 Å². The highest BCUT2D eigenvalue weighted by Gasteiger charge is 2.39. The molecule has 1 N–H and O–H groups in total. The first-order valence-corrected chi connectivity index (χ1v) is 7.38. The van der Waals surface area contributed by atoms with Crippen molar-refractivity contribution in [3.8, 4) is 0 Å². The van der Waals surface area contributed by atoms with Crippen LogP contribution in [-0.4, -0.2) is 13.9 Å². The highest BCUT2D eigenvalue weighted by atomic mass is 32.3. The van der Waals surface area contributed by atoms with Gasteiger partial charge in [0.15, 0.2) is 0 Å². The molecule has 1 aromatic rings. The van der Waals surface area contributed by atoms with Gasteiger partial charge in [-0.15, -0.1) is 4.13 Å². The molecule has 0 fully saturated rings. The Morgan fingerprint density at radius 3 is 1.48 bits per heavy atom. The topological polar surface area (TPSA) is 46.2 Å². The first-order chi connectivity index (χ1) is 10.0. The zero-order valence-corrected chi connectivity index (χ0v) is 11.9. The molecule has 0 heterocycles. The summed E-state index contributed by atoms with van der Waals surface area (Å²) in [6.45, 7) is 0. The van der Waals surface area contributed by atoms with Gasteiger partial charge in [0.2, 0.25) is 10.0 Å². The predicted molar refractivity (Wildman–Crippen MR) is 60.4 cm³/mol. The monoisotopic (exact) mass is 393 g/mol. The minimum Gasteiger partial charge on any atom is -0.206 e. The first kappa shape index (κ1) is 19.9. The second-order valence-corrected chi connectivity index (χ2v) is 6.69. The maximum absolute atomic E-state index is 12.5. The van der Waals surface area contributed by atoms with Crippen LogP contribution in [0.15, 0.2) is 23.1 Å². The Morgan fingerprint density at radius 1 is 0.783 bits per heavy atom. The Bertz CT molecular complexity index is 643. The summed E-state index contributed by atoms with van der Waals surface area (Å²) in [7, 11) is -5.27. The number of alkyl halides is 9. The van der Waals surface area contributed by atoms with E-state index in [1.54, 1.807) is 0 Å². The number of benzene rings is 1. The van der Waals surface area contributed by atoms with E-state index < -0.39 is 55.9 Å². The average Bonchev–Trinajstić information content (AvgIpc) is 2.33. The zero-order chi connectivity index (χ0) is 18.3. The van der Waals surface area contributed by atoms with Crippen LogP contribution in [0.3, 0.4) is 0 Å². The molecular formula is C9H4F9NO2S2. The Balaban J connectivity index is 3.41. The summed E-state index contributed by atoms with van der Waals surface area (Å²) < 4.78 is 135. The fourth-order valence-corrected chi connectivity index (χ4v) is 3.00. The van der Waals surface area contributed by atoms with Gasteiger partial charge in [-0.1, -0.05) is 0 Å². The minimum atomic E-state index is -5.33. The van der Waals surface area contributed by atoms with E-state index in [1.165, 1.54) is 0 Å². The molecule has 0 radical (unpaired) electrons. The second kappa shape index (κ2) is 6.05. The molecule has 0 unspecified atom stereocenters. The first-order valence-electron chi connectivity index (χ1n) is 5.08. The van der Waals surface area contributed by atoms with Crippen LogP contribution in [0, 0.1) is 0 Å². The average molecular weight is 393 g/mol. The van der Waals surface area contributed by atoms with Crippen LogP contribution in [0.4, 0.5) is 39.5 Å². The fraction of sp³-hybridized carbons (Fsp3) is 0.333. The van der Waals surface area contributed by atoms with E-state index in [1.807, 2.05) is 0 Å². The van der Waals surface area contributed by atoms with Crippen molar-refractivity contribution in [2.75, 3.05) is 0 Å². The summed E-state index contributed by atoms with van der Waals surface area (Å²) in [5.41, 5.74) is -9.06. The van der Waals surface area contributed by atoms with Crippen LogP contribution in [0.5, 0.6) is 0 Å². The molecule has 0 amide bonds. The molecule has 1 aromatic carbocycles. The molecule has 3 nitrogen and oxygen atoms in total. The Morgan fingerprint density at radius 2 is 1.17 bits per heavy atom. The predicted octanol–water partition coefficient (Wildman–Crippen LogP) is 4.17. The smallest absolute Gasteiger partial charge is 0.206 e. The summed E-state index contributed by atoms with van der Waals surface area (Å²) in [5.74, 6) is 0. The van der Waals surface area contributed by atoms with Crippen molar-refractivity contribution in [1.82, 2.24) is 4.13 Å². The van der Waals surface area contributed by atoms with Gasteiger partial charge < -0.3 is 0 Å². The number of nitrogens with one attached hydrogen (secondary N) is 1. The molecule has 0 aliphatic rings. The summed E-state index contributed by atoms with van der Waals surface area (Å²) >= 11 is -1.34. The summed E-state index contributed by atoms with van der Waals surface area (Å²) in [6, 6.07) is -0.751. The molecule has 14 heteroatoms. The lowest BCUT2D eigenvalue weighted by molar-refractivity contribution is -0.143. The number of rotatable bonds is 3. The molecular weight excluding hydrogens is 389 g/mol. The molecule has 0 aromatic heterocycles. The summed E-state index contributed by atoms with van der Waals surface area (Å²) in [4.78, 5) is -1.60. The SMILES string of the molecule is O=S(=O)(NSC(F)(F)F)c1cc(C(F)(F)F)cc(C(F)(F)F)c1. The van der Waals surface area contributed by atoms with Gasteiger partial charge in [0.05, 0.1) is 16.0 Å².